The van der Waals surface area contributed by atoms with E-state index in [0.29, 0.717) is 43.5 Å². The summed E-state index contributed by atoms with van der Waals surface area (Å²) in [5.41, 5.74) is 6.04. The fraction of sp³-hybridized carbons (Fsp3) is 0.394. The zero-order chi connectivity index (χ0) is 29.7. The second kappa shape index (κ2) is 15.7. The number of hydrogen-bond acceptors (Lipinski definition) is 9. The first-order chi connectivity index (χ1) is 20.5. The SMILES string of the molecule is CC(C)N(C)/C(=C(\NCOCCC=N)c1ccccc1)c1ccc(CN2CCC(Nc3nccc(C#N)n3)CC2)cc1. The van der Waals surface area contributed by atoms with Crippen LogP contribution in [0.4, 0.5) is 5.95 Å². The Balaban J connectivity index is 1.46. The first-order valence-corrected chi connectivity index (χ1v) is 14.6. The molecule has 0 atom stereocenters. The molecule has 1 fully saturated rings. The van der Waals surface area contributed by atoms with E-state index in [1.54, 1.807) is 12.3 Å². The minimum absolute atomic E-state index is 0.293. The molecule has 0 aliphatic carbocycles. The number of benzene rings is 2. The monoisotopic (exact) mass is 566 g/mol. The molecule has 0 saturated carbocycles. The van der Waals surface area contributed by atoms with E-state index in [-0.39, 0.29) is 0 Å². The number of piperidine rings is 1. The number of anilines is 1. The van der Waals surface area contributed by atoms with Gasteiger partial charge in [-0.15, -0.1) is 0 Å². The van der Waals surface area contributed by atoms with Crippen molar-refractivity contribution in [2.24, 2.45) is 0 Å². The average Bonchev–Trinajstić information content (AvgIpc) is 3.02. The standard InChI is InChI=1S/C33H42N8O/c1-25(2)40(3)32(31(27-8-5-4-6-9-27)37-24-42-21-7-17-34)28-12-10-26(11-13-28)23-41-19-15-29(16-20-41)38-33-36-18-14-30(22-35)39-33/h4-6,8-14,17-18,25,29,34,37H,7,15-16,19-21,23-24H2,1-3H3,(H,36,38,39)/b32-31-,34-17?. The van der Waals surface area contributed by atoms with Gasteiger partial charge in [0.2, 0.25) is 5.95 Å². The Labute approximate surface area is 249 Å². The highest BCUT2D eigenvalue weighted by Crippen LogP contribution is 2.29. The molecule has 4 rings (SSSR count). The van der Waals surface area contributed by atoms with Gasteiger partial charge >= 0.3 is 0 Å². The summed E-state index contributed by atoms with van der Waals surface area (Å²) in [7, 11) is 2.13. The van der Waals surface area contributed by atoms with Gasteiger partial charge in [0.25, 0.3) is 0 Å². The Morgan fingerprint density at radius 3 is 2.52 bits per heavy atom. The number of nitrogens with one attached hydrogen (secondary N) is 3. The van der Waals surface area contributed by atoms with E-state index in [9.17, 15) is 0 Å². The minimum Gasteiger partial charge on any atom is -0.370 e. The molecule has 0 amide bonds. The molecule has 2 heterocycles. The summed E-state index contributed by atoms with van der Waals surface area (Å²) in [6.07, 6.45) is 5.60. The number of rotatable bonds is 14. The first-order valence-electron chi connectivity index (χ1n) is 14.6. The molecule has 1 aliphatic rings. The molecule has 1 aliphatic heterocycles. The van der Waals surface area contributed by atoms with Gasteiger partial charge in [-0.1, -0.05) is 54.6 Å². The Kier molecular flexibility index (Phi) is 11.4. The molecule has 0 radical (unpaired) electrons. The van der Waals surface area contributed by atoms with E-state index in [1.807, 2.05) is 6.07 Å². The third kappa shape index (κ3) is 8.62. The van der Waals surface area contributed by atoms with Crippen LogP contribution in [-0.2, 0) is 11.3 Å². The molecule has 3 aromatic rings. The van der Waals surface area contributed by atoms with Crippen LogP contribution in [-0.4, -0.2) is 71.5 Å². The zero-order valence-electron chi connectivity index (χ0n) is 24.9. The van der Waals surface area contributed by atoms with Crippen molar-refractivity contribution in [2.45, 2.75) is 51.7 Å². The summed E-state index contributed by atoms with van der Waals surface area (Å²) < 4.78 is 5.76. The Morgan fingerprint density at radius 1 is 1.12 bits per heavy atom. The van der Waals surface area contributed by atoms with Gasteiger partial charge in [0.1, 0.15) is 18.5 Å². The fourth-order valence-electron chi connectivity index (χ4n) is 4.98. The minimum atomic E-state index is 0.293. The largest absolute Gasteiger partial charge is 0.370 e. The molecule has 0 bridgehead atoms. The first kappa shape index (κ1) is 30.7. The summed E-state index contributed by atoms with van der Waals surface area (Å²) in [5, 5.41) is 23.3. The van der Waals surface area contributed by atoms with Crippen LogP contribution in [0.15, 0.2) is 66.9 Å². The molecule has 9 heteroatoms. The van der Waals surface area contributed by atoms with Gasteiger partial charge in [-0.3, -0.25) is 4.90 Å². The van der Waals surface area contributed by atoms with Crippen molar-refractivity contribution in [1.29, 1.82) is 10.7 Å². The highest BCUT2D eigenvalue weighted by Gasteiger charge is 2.21. The third-order valence-electron chi connectivity index (χ3n) is 7.51. The van der Waals surface area contributed by atoms with Gasteiger partial charge in [-0.2, -0.15) is 5.26 Å². The Bertz CT molecular complexity index is 1340. The zero-order valence-corrected chi connectivity index (χ0v) is 24.9. The summed E-state index contributed by atoms with van der Waals surface area (Å²) in [6, 6.07) is 23.6. The molecule has 9 nitrogen and oxygen atoms in total. The number of likely N-dealkylation sites (tertiary alicyclic amines) is 1. The highest BCUT2D eigenvalue weighted by molar-refractivity contribution is 5.89. The summed E-state index contributed by atoms with van der Waals surface area (Å²) in [6.45, 7) is 8.14. The average molecular weight is 567 g/mol. The second-order valence-corrected chi connectivity index (χ2v) is 10.8. The van der Waals surface area contributed by atoms with Gasteiger partial charge in [0, 0.05) is 51.4 Å². The molecule has 3 N–H and O–H groups in total. The van der Waals surface area contributed by atoms with Crippen molar-refractivity contribution in [3.63, 3.8) is 0 Å². The fourth-order valence-corrected chi connectivity index (χ4v) is 4.98. The smallest absolute Gasteiger partial charge is 0.224 e. The number of aromatic nitrogens is 2. The van der Waals surface area contributed by atoms with Crippen LogP contribution in [0.2, 0.25) is 0 Å². The Morgan fingerprint density at radius 2 is 1.86 bits per heavy atom. The maximum absolute atomic E-state index is 9.09. The number of nitriles is 1. The van der Waals surface area contributed by atoms with E-state index in [2.05, 4.69) is 106 Å². The van der Waals surface area contributed by atoms with Crippen molar-refractivity contribution in [3.8, 4) is 6.07 Å². The third-order valence-corrected chi connectivity index (χ3v) is 7.51. The van der Waals surface area contributed by atoms with Crippen LogP contribution >= 0.6 is 0 Å². The number of ether oxygens (including phenoxy) is 1. The summed E-state index contributed by atoms with van der Waals surface area (Å²) in [5.74, 6) is 0.528. The van der Waals surface area contributed by atoms with Crippen molar-refractivity contribution in [3.05, 3.63) is 89.2 Å². The lowest BCUT2D eigenvalue weighted by Crippen LogP contribution is -2.39. The van der Waals surface area contributed by atoms with Crippen LogP contribution in [0.5, 0.6) is 0 Å². The maximum atomic E-state index is 9.09. The van der Waals surface area contributed by atoms with Crippen molar-refractivity contribution in [2.75, 3.05) is 38.8 Å². The van der Waals surface area contributed by atoms with Crippen LogP contribution in [0, 0.1) is 16.7 Å². The summed E-state index contributed by atoms with van der Waals surface area (Å²) >= 11 is 0. The van der Waals surface area contributed by atoms with Crippen LogP contribution in [0.3, 0.4) is 0 Å². The highest BCUT2D eigenvalue weighted by atomic mass is 16.5. The maximum Gasteiger partial charge on any atom is 0.224 e. The Hall–Kier alpha value is -4.26. The van der Waals surface area contributed by atoms with E-state index < -0.39 is 0 Å². The molecule has 1 aromatic heterocycles. The van der Waals surface area contributed by atoms with Gasteiger partial charge in [-0.05, 0) is 55.7 Å². The lowest BCUT2D eigenvalue weighted by Gasteiger charge is -2.32. The molecular formula is C33H42N8O. The van der Waals surface area contributed by atoms with E-state index in [0.717, 1.165) is 55.0 Å². The molecule has 2 aromatic carbocycles. The second-order valence-electron chi connectivity index (χ2n) is 10.8. The van der Waals surface area contributed by atoms with E-state index >= 15 is 0 Å². The lowest BCUT2D eigenvalue weighted by atomic mass is 10.0. The van der Waals surface area contributed by atoms with Gasteiger partial charge < -0.3 is 25.7 Å². The lowest BCUT2D eigenvalue weighted by molar-refractivity contribution is 0.134. The molecule has 0 unspecified atom stereocenters. The number of hydrogen-bond donors (Lipinski definition) is 3. The van der Waals surface area contributed by atoms with Gasteiger partial charge in [0.15, 0.2) is 0 Å². The molecule has 220 valence electrons. The number of nitrogens with zero attached hydrogens (tertiary/aromatic N) is 5. The normalized spacial score (nSPS) is 14.6. The van der Waals surface area contributed by atoms with Crippen molar-refractivity contribution >= 4 is 23.6 Å². The van der Waals surface area contributed by atoms with Crippen molar-refractivity contribution < 1.29 is 4.74 Å². The molecule has 1 saturated heterocycles. The molecule has 0 spiro atoms. The van der Waals surface area contributed by atoms with Crippen molar-refractivity contribution in [1.82, 2.24) is 25.1 Å². The van der Waals surface area contributed by atoms with Crippen LogP contribution in [0.25, 0.3) is 11.4 Å². The molecule has 42 heavy (non-hydrogen) atoms. The van der Waals surface area contributed by atoms with Crippen LogP contribution in [0.1, 0.15) is 55.5 Å². The van der Waals surface area contributed by atoms with Gasteiger partial charge in [-0.25, -0.2) is 9.97 Å². The molecular weight excluding hydrogens is 524 g/mol. The van der Waals surface area contributed by atoms with Gasteiger partial charge in [0.05, 0.1) is 18.0 Å². The quantitative estimate of drug-likeness (QED) is 0.106. The predicted molar refractivity (Wildman–Crippen MR) is 169 cm³/mol. The topological polar surface area (TPSA) is 113 Å². The summed E-state index contributed by atoms with van der Waals surface area (Å²) in [4.78, 5) is 13.3. The van der Waals surface area contributed by atoms with E-state index in [1.165, 1.54) is 11.8 Å². The van der Waals surface area contributed by atoms with E-state index in [4.69, 9.17) is 15.4 Å². The predicted octanol–water partition coefficient (Wildman–Crippen LogP) is 5.19. The van der Waals surface area contributed by atoms with Crippen LogP contribution < -0.4 is 10.6 Å².